The fraction of sp³-hybridized carbons (Fsp3) is 0. The monoisotopic (exact) mass is 260 g/mol. The van der Waals surface area contributed by atoms with Crippen LogP contribution in [-0.2, 0) is 0 Å². The van der Waals surface area contributed by atoms with Gasteiger partial charge in [-0.05, 0) is 41.1 Å². The molecule has 96 valence electrons. The molecule has 0 aliphatic heterocycles. The molecule has 3 aromatic carbocycles. The third-order valence-corrected chi connectivity index (χ3v) is 3.37. The van der Waals surface area contributed by atoms with Gasteiger partial charge in [-0.15, -0.1) is 0 Å². The van der Waals surface area contributed by atoms with Gasteiger partial charge in [0.15, 0.2) is 12.0 Å². The van der Waals surface area contributed by atoms with Crippen LogP contribution in [0.1, 0.15) is 0 Å². The van der Waals surface area contributed by atoms with Crippen molar-refractivity contribution in [1.29, 1.82) is 0 Å². The number of nitrogens with zero attached hydrogens (tertiary/aromatic N) is 1. The van der Waals surface area contributed by atoms with Gasteiger partial charge in [0.1, 0.15) is 5.52 Å². The van der Waals surface area contributed by atoms with Crippen LogP contribution in [0.2, 0.25) is 0 Å². The highest BCUT2D eigenvalue weighted by atomic mass is 16.3. The largest absolute Gasteiger partial charge is 0.443 e. The molecule has 1 aromatic heterocycles. The highest BCUT2D eigenvalue weighted by molar-refractivity contribution is 5.87. The lowest BCUT2D eigenvalue weighted by Crippen LogP contribution is -1.89. The molecule has 0 unspecified atom stereocenters. The first kappa shape index (κ1) is 11.1. The van der Waals surface area contributed by atoms with Crippen molar-refractivity contribution >= 4 is 33.2 Å². The normalized spacial score (nSPS) is 11.0. The van der Waals surface area contributed by atoms with Crippen LogP contribution < -0.4 is 5.32 Å². The van der Waals surface area contributed by atoms with Crippen LogP contribution in [0.25, 0.3) is 21.9 Å². The van der Waals surface area contributed by atoms with Crippen molar-refractivity contribution in [3.05, 3.63) is 67.1 Å². The lowest BCUT2D eigenvalue weighted by Gasteiger charge is -2.07. The Bertz CT molecular complexity index is 895. The molecule has 1 heterocycles. The zero-order chi connectivity index (χ0) is 13.4. The SMILES string of the molecule is c1ccc2cc(Nc3ccc4ocnc4c3)ccc2c1. The number of fused-ring (bicyclic) bond motifs is 2. The summed E-state index contributed by atoms with van der Waals surface area (Å²) in [7, 11) is 0. The predicted octanol–water partition coefficient (Wildman–Crippen LogP) is 4.72. The van der Waals surface area contributed by atoms with E-state index in [-0.39, 0.29) is 0 Å². The molecular weight excluding hydrogens is 248 g/mol. The molecule has 0 amide bonds. The van der Waals surface area contributed by atoms with E-state index in [1.165, 1.54) is 17.2 Å². The fourth-order valence-corrected chi connectivity index (χ4v) is 2.37. The Kier molecular flexibility index (Phi) is 2.42. The molecule has 0 bridgehead atoms. The molecule has 0 spiro atoms. The van der Waals surface area contributed by atoms with Gasteiger partial charge in [-0.2, -0.15) is 0 Å². The third kappa shape index (κ3) is 1.89. The van der Waals surface area contributed by atoms with E-state index >= 15 is 0 Å². The van der Waals surface area contributed by atoms with Gasteiger partial charge in [0.25, 0.3) is 0 Å². The zero-order valence-electron chi connectivity index (χ0n) is 10.7. The van der Waals surface area contributed by atoms with E-state index < -0.39 is 0 Å². The second-order valence-corrected chi connectivity index (χ2v) is 4.72. The zero-order valence-corrected chi connectivity index (χ0v) is 10.7. The van der Waals surface area contributed by atoms with Crippen LogP contribution in [0.4, 0.5) is 11.4 Å². The molecule has 0 radical (unpaired) electrons. The first-order valence-electron chi connectivity index (χ1n) is 6.48. The molecule has 3 nitrogen and oxygen atoms in total. The second kappa shape index (κ2) is 4.38. The molecule has 0 aliphatic carbocycles. The van der Waals surface area contributed by atoms with Gasteiger partial charge in [0.2, 0.25) is 0 Å². The van der Waals surface area contributed by atoms with Crippen molar-refractivity contribution in [3.63, 3.8) is 0 Å². The van der Waals surface area contributed by atoms with Crippen LogP contribution in [0.15, 0.2) is 71.5 Å². The van der Waals surface area contributed by atoms with E-state index in [0.29, 0.717) is 0 Å². The van der Waals surface area contributed by atoms with Crippen molar-refractivity contribution in [3.8, 4) is 0 Å². The fourth-order valence-electron chi connectivity index (χ4n) is 2.37. The Morgan fingerprint density at radius 1 is 0.800 bits per heavy atom. The summed E-state index contributed by atoms with van der Waals surface area (Å²) in [6, 6.07) is 20.6. The standard InChI is InChI=1S/C17H12N2O/c1-2-4-13-9-14(6-5-12(13)3-1)19-15-7-8-17-16(10-15)18-11-20-17/h1-11,19H. The van der Waals surface area contributed by atoms with E-state index in [1.54, 1.807) is 0 Å². The van der Waals surface area contributed by atoms with Crippen LogP contribution in [-0.4, -0.2) is 4.98 Å². The molecule has 0 fully saturated rings. The Hall–Kier alpha value is -2.81. The number of nitrogens with one attached hydrogen (secondary N) is 1. The second-order valence-electron chi connectivity index (χ2n) is 4.72. The average molecular weight is 260 g/mol. The van der Waals surface area contributed by atoms with Gasteiger partial charge < -0.3 is 9.73 Å². The van der Waals surface area contributed by atoms with E-state index in [9.17, 15) is 0 Å². The molecule has 4 aromatic rings. The maximum absolute atomic E-state index is 5.24. The lowest BCUT2D eigenvalue weighted by molar-refractivity contribution is 0.602. The molecular formula is C17H12N2O. The molecule has 0 atom stereocenters. The first-order valence-corrected chi connectivity index (χ1v) is 6.48. The first-order chi connectivity index (χ1) is 9.88. The van der Waals surface area contributed by atoms with Crippen molar-refractivity contribution < 1.29 is 4.42 Å². The Morgan fingerprint density at radius 3 is 2.55 bits per heavy atom. The number of benzene rings is 3. The highest BCUT2D eigenvalue weighted by Crippen LogP contribution is 2.24. The maximum atomic E-state index is 5.24. The summed E-state index contributed by atoms with van der Waals surface area (Å²) >= 11 is 0. The number of hydrogen-bond donors (Lipinski definition) is 1. The summed E-state index contributed by atoms with van der Waals surface area (Å²) in [4.78, 5) is 4.16. The summed E-state index contributed by atoms with van der Waals surface area (Å²) < 4.78 is 5.24. The molecule has 0 saturated heterocycles. The van der Waals surface area contributed by atoms with Crippen LogP contribution >= 0.6 is 0 Å². The van der Waals surface area contributed by atoms with Crippen molar-refractivity contribution in [2.24, 2.45) is 0 Å². The average Bonchev–Trinajstić information content (AvgIpc) is 2.95. The van der Waals surface area contributed by atoms with Gasteiger partial charge >= 0.3 is 0 Å². The number of hydrogen-bond acceptors (Lipinski definition) is 3. The summed E-state index contributed by atoms with van der Waals surface area (Å²) in [5, 5.41) is 5.86. The van der Waals surface area contributed by atoms with Crippen LogP contribution in [0.5, 0.6) is 0 Å². The van der Waals surface area contributed by atoms with E-state index in [4.69, 9.17) is 4.42 Å². The number of anilines is 2. The minimum absolute atomic E-state index is 0.800. The number of aromatic nitrogens is 1. The maximum Gasteiger partial charge on any atom is 0.181 e. The minimum atomic E-state index is 0.800. The van der Waals surface area contributed by atoms with Gasteiger partial charge in [-0.3, -0.25) is 0 Å². The van der Waals surface area contributed by atoms with Gasteiger partial charge in [-0.25, -0.2) is 4.98 Å². The third-order valence-electron chi connectivity index (χ3n) is 3.37. The van der Waals surface area contributed by atoms with E-state index in [2.05, 4.69) is 40.6 Å². The molecule has 0 saturated carbocycles. The number of oxazole rings is 1. The molecule has 20 heavy (non-hydrogen) atoms. The summed E-state index contributed by atoms with van der Waals surface area (Å²) in [5.41, 5.74) is 3.72. The van der Waals surface area contributed by atoms with Gasteiger partial charge in [-0.1, -0.05) is 30.3 Å². The Balaban J connectivity index is 1.72. The molecule has 3 heteroatoms. The number of rotatable bonds is 2. The lowest BCUT2D eigenvalue weighted by atomic mass is 10.1. The topological polar surface area (TPSA) is 38.1 Å². The van der Waals surface area contributed by atoms with Crippen molar-refractivity contribution in [1.82, 2.24) is 4.98 Å². The molecule has 1 N–H and O–H groups in total. The summed E-state index contributed by atoms with van der Waals surface area (Å²) in [5.74, 6) is 0. The van der Waals surface area contributed by atoms with Gasteiger partial charge in [0.05, 0.1) is 0 Å². The smallest absolute Gasteiger partial charge is 0.181 e. The van der Waals surface area contributed by atoms with Crippen molar-refractivity contribution in [2.75, 3.05) is 5.32 Å². The van der Waals surface area contributed by atoms with Crippen LogP contribution in [0.3, 0.4) is 0 Å². The molecule has 4 rings (SSSR count). The summed E-state index contributed by atoms with van der Waals surface area (Å²) in [6.07, 6.45) is 1.46. The Morgan fingerprint density at radius 2 is 1.60 bits per heavy atom. The van der Waals surface area contributed by atoms with Gasteiger partial charge in [0, 0.05) is 11.4 Å². The molecule has 0 aliphatic rings. The predicted molar refractivity (Wildman–Crippen MR) is 81.2 cm³/mol. The highest BCUT2D eigenvalue weighted by Gasteiger charge is 2.01. The quantitative estimate of drug-likeness (QED) is 0.566. The summed E-state index contributed by atoms with van der Waals surface area (Å²) in [6.45, 7) is 0. The Labute approximate surface area is 115 Å². The van der Waals surface area contributed by atoms with Crippen molar-refractivity contribution in [2.45, 2.75) is 0 Å². The van der Waals surface area contributed by atoms with E-state index in [1.807, 2.05) is 30.3 Å². The van der Waals surface area contributed by atoms with E-state index in [0.717, 1.165) is 22.5 Å². The van der Waals surface area contributed by atoms with Crippen LogP contribution in [0, 0.1) is 0 Å². The minimum Gasteiger partial charge on any atom is -0.443 e.